The van der Waals surface area contributed by atoms with Gasteiger partial charge in [0.15, 0.2) is 0 Å². The van der Waals surface area contributed by atoms with Gasteiger partial charge in [0.1, 0.15) is 17.0 Å². The predicted molar refractivity (Wildman–Crippen MR) is 106 cm³/mol. The Morgan fingerprint density at radius 3 is 2.55 bits per heavy atom. The molecular weight excluding hydrogens is 397 g/mol. The summed E-state index contributed by atoms with van der Waals surface area (Å²) in [4.78, 5) is 11.7. The quantitative estimate of drug-likeness (QED) is 0.659. The molecule has 8 heteroatoms. The summed E-state index contributed by atoms with van der Waals surface area (Å²) in [6.45, 7) is 5.62. The summed E-state index contributed by atoms with van der Waals surface area (Å²) in [6, 6.07) is 9.37. The van der Waals surface area contributed by atoms with Gasteiger partial charge in [0.05, 0.1) is 16.1 Å². The van der Waals surface area contributed by atoms with Gasteiger partial charge in [0, 0.05) is 11.9 Å². The van der Waals surface area contributed by atoms with Gasteiger partial charge in [-0.05, 0) is 69.2 Å². The molecule has 0 saturated heterocycles. The van der Waals surface area contributed by atoms with Crippen molar-refractivity contribution in [2.45, 2.75) is 42.6 Å². The third-order valence-electron chi connectivity index (χ3n) is 4.10. The third kappa shape index (κ3) is 4.95. The van der Waals surface area contributed by atoms with Gasteiger partial charge >= 0.3 is 6.09 Å². The summed E-state index contributed by atoms with van der Waals surface area (Å²) in [5, 5.41) is 3.28. The molecule has 0 spiro atoms. The Bertz CT molecular complexity index is 1150. The van der Waals surface area contributed by atoms with E-state index in [1.54, 1.807) is 26.8 Å². The molecule has 0 saturated carbocycles. The van der Waals surface area contributed by atoms with E-state index in [0.29, 0.717) is 23.9 Å². The largest absolute Gasteiger partial charge is 0.464 e. The zero-order valence-electron chi connectivity index (χ0n) is 16.4. The molecule has 1 aromatic heterocycles. The van der Waals surface area contributed by atoms with Gasteiger partial charge in [-0.2, -0.15) is 0 Å². The van der Waals surface area contributed by atoms with Crippen LogP contribution in [0.1, 0.15) is 26.3 Å². The van der Waals surface area contributed by atoms with Gasteiger partial charge in [-0.1, -0.05) is 6.07 Å². The molecule has 3 rings (SSSR count). The standard InChI is InChI=1S/C21H22FNO5S/c1-21(2,3)28-20(24)23-10-9-14-13-27-19-8-7-17(12-18(14)19)29(25,26)16-6-4-5-15(22)11-16/h4-8,11-13H,9-10H2,1-3H3,(H,23,24). The van der Waals surface area contributed by atoms with E-state index in [0.717, 1.165) is 11.6 Å². The molecule has 0 fully saturated rings. The van der Waals surface area contributed by atoms with Crippen LogP contribution in [0, 0.1) is 5.82 Å². The minimum absolute atomic E-state index is 0.0401. The molecule has 0 aliphatic rings. The first-order valence-electron chi connectivity index (χ1n) is 9.04. The van der Waals surface area contributed by atoms with Crippen LogP contribution in [-0.2, 0) is 21.0 Å². The zero-order valence-corrected chi connectivity index (χ0v) is 17.2. The van der Waals surface area contributed by atoms with E-state index in [2.05, 4.69) is 5.32 Å². The second-order valence-electron chi connectivity index (χ2n) is 7.56. The maximum Gasteiger partial charge on any atom is 0.407 e. The van der Waals surface area contributed by atoms with E-state index < -0.39 is 27.3 Å². The number of alkyl carbamates (subject to hydrolysis) is 1. The molecule has 2 aromatic carbocycles. The van der Waals surface area contributed by atoms with Crippen molar-refractivity contribution >= 4 is 26.9 Å². The Morgan fingerprint density at radius 2 is 1.86 bits per heavy atom. The van der Waals surface area contributed by atoms with Crippen molar-refractivity contribution in [2.75, 3.05) is 6.54 Å². The van der Waals surface area contributed by atoms with Gasteiger partial charge < -0.3 is 14.5 Å². The highest BCUT2D eigenvalue weighted by Gasteiger charge is 2.20. The van der Waals surface area contributed by atoms with Gasteiger partial charge in [-0.15, -0.1) is 0 Å². The number of benzene rings is 2. The molecular formula is C21H22FNO5S. The SMILES string of the molecule is CC(C)(C)OC(=O)NCCc1coc2ccc(S(=O)(=O)c3cccc(F)c3)cc12. The number of amides is 1. The molecule has 3 aromatic rings. The summed E-state index contributed by atoms with van der Waals surface area (Å²) >= 11 is 0. The van der Waals surface area contributed by atoms with Crippen molar-refractivity contribution in [3.63, 3.8) is 0 Å². The monoisotopic (exact) mass is 419 g/mol. The molecule has 1 amide bonds. The van der Waals surface area contributed by atoms with Gasteiger partial charge in [-0.3, -0.25) is 0 Å². The summed E-state index contributed by atoms with van der Waals surface area (Å²) in [6.07, 6.45) is 1.43. The van der Waals surface area contributed by atoms with E-state index in [9.17, 15) is 17.6 Å². The highest BCUT2D eigenvalue weighted by molar-refractivity contribution is 7.91. The molecule has 6 nitrogen and oxygen atoms in total. The fraction of sp³-hybridized carbons (Fsp3) is 0.286. The van der Waals surface area contributed by atoms with Crippen molar-refractivity contribution in [1.29, 1.82) is 0 Å². The number of rotatable bonds is 5. The van der Waals surface area contributed by atoms with E-state index in [4.69, 9.17) is 9.15 Å². The van der Waals surface area contributed by atoms with Crippen LogP contribution in [0.4, 0.5) is 9.18 Å². The van der Waals surface area contributed by atoms with Crippen molar-refractivity contribution < 1.29 is 26.8 Å². The Balaban J connectivity index is 1.81. The van der Waals surface area contributed by atoms with Crippen molar-refractivity contribution in [1.82, 2.24) is 5.32 Å². The average molecular weight is 419 g/mol. The predicted octanol–water partition coefficient (Wildman–Crippen LogP) is 4.47. The molecule has 0 bridgehead atoms. The summed E-state index contributed by atoms with van der Waals surface area (Å²) in [5.74, 6) is -0.621. The lowest BCUT2D eigenvalue weighted by molar-refractivity contribution is 0.0528. The van der Waals surface area contributed by atoms with Crippen LogP contribution in [0.15, 0.2) is 62.9 Å². The van der Waals surface area contributed by atoms with Gasteiger partial charge in [0.25, 0.3) is 0 Å². The lowest BCUT2D eigenvalue weighted by atomic mass is 10.1. The molecule has 29 heavy (non-hydrogen) atoms. The van der Waals surface area contributed by atoms with Crippen LogP contribution in [0.25, 0.3) is 11.0 Å². The normalized spacial score (nSPS) is 12.1. The van der Waals surface area contributed by atoms with Crippen molar-refractivity contribution in [3.05, 3.63) is 60.1 Å². The van der Waals surface area contributed by atoms with Crippen molar-refractivity contribution in [2.24, 2.45) is 0 Å². The summed E-state index contributed by atoms with van der Waals surface area (Å²) < 4.78 is 49.8. The third-order valence-corrected chi connectivity index (χ3v) is 5.85. The number of carbonyl (C=O) groups excluding carboxylic acids is 1. The van der Waals surface area contributed by atoms with Crippen LogP contribution >= 0.6 is 0 Å². The molecule has 0 aliphatic carbocycles. The van der Waals surface area contributed by atoms with Crippen LogP contribution in [0.3, 0.4) is 0 Å². The minimum atomic E-state index is -3.87. The highest BCUT2D eigenvalue weighted by atomic mass is 32.2. The lowest BCUT2D eigenvalue weighted by Gasteiger charge is -2.19. The fourth-order valence-electron chi connectivity index (χ4n) is 2.81. The van der Waals surface area contributed by atoms with E-state index >= 15 is 0 Å². The Hall–Kier alpha value is -2.87. The average Bonchev–Trinajstić information content (AvgIpc) is 3.02. The maximum absolute atomic E-state index is 13.5. The van der Waals surface area contributed by atoms with E-state index in [1.165, 1.54) is 36.6 Å². The van der Waals surface area contributed by atoms with Gasteiger partial charge in [0.2, 0.25) is 9.84 Å². The molecule has 0 atom stereocenters. The van der Waals surface area contributed by atoms with Crippen LogP contribution < -0.4 is 5.32 Å². The lowest BCUT2D eigenvalue weighted by Crippen LogP contribution is -2.33. The van der Waals surface area contributed by atoms with Crippen molar-refractivity contribution in [3.8, 4) is 0 Å². The second-order valence-corrected chi connectivity index (χ2v) is 9.51. The molecule has 1 N–H and O–H groups in total. The van der Waals surface area contributed by atoms with E-state index in [-0.39, 0.29) is 9.79 Å². The fourth-order valence-corrected chi connectivity index (χ4v) is 4.12. The summed E-state index contributed by atoms with van der Waals surface area (Å²) in [5.41, 5.74) is 0.676. The number of furan rings is 1. The summed E-state index contributed by atoms with van der Waals surface area (Å²) in [7, 11) is -3.87. The van der Waals surface area contributed by atoms with Crippen LogP contribution in [0.5, 0.6) is 0 Å². The Kier molecular flexibility index (Phi) is 5.66. The maximum atomic E-state index is 13.5. The van der Waals surface area contributed by atoms with Gasteiger partial charge in [-0.25, -0.2) is 17.6 Å². The number of nitrogens with one attached hydrogen (secondary N) is 1. The molecule has 0 aliphatic heterocycles. The number of carbonyl (C=O) groups is 1. The number of fused-ring (bicyclic) bond motifs is 1. The minimum Gasteiger partial charge on any atom is -0.464 e. The molecule has 154 valence electrons. The first-order chi connectivity index (χ1) is 13.6. The zero-order chi connectivity index (χ0) is 21.2. The smallest absolute Gasteiger partial charge is 0.407 e. The number of halogens is 1. The number of hydrogen-bond donors (Lipinski definition) is 1. The number of sulfone groups is 1. The molecule has 0 radical (unpaired) electrons. The van der Waals surface area contributed by atoms with Crippen LogP contribution in [-0.4, -0.2) is 26.7 Å². The topological polar surface area (TPSA) is 85.6 Å². The number of hydrogen-bond acceptors (Lipinski definition) is 5. The molecule has 0 unspecified atom stereocenters. The first kappa shape index (κ1) is 20.9. The van der Waals surface area contributed by atoms with Crippen LogP contribution in [0.2, 0.25) is 0 Å². The Morgan fingerprint density at radius 1 is 1.14 bits per heavy atom. The molecule has 1 heterocycles. The Labute approximate surface area is 168 Å². The first-order valence-corrected chi connectivity index (χ1v) is 10.5. The number of ether oxygens (including phenoxy) is 1. The highest BCUT2D eigenvalue weighted by Crippen LogP contribution is 2.28. The second kappa shape index (κ2) is 7.87. The van der Waals surface area contributed by atoms with E-state index in [1.807, 2.05) is 0 Å².